The molecule has 0 radical (unpaired) electrons. The number of ether oxygens (including phenoxy) is 1. The van der Waals surface area contributed by atoms with Gasteiger partial charge in [-0.3, -0.25) is 9.36 Å². The number of piperazine rings is 1. The molecule has 0 atom stereocenters. The van der Waals surface area contributed by atoms with E-state index in [0.29, 0.717) is 70.8 Å². The number of halogens is 2. The number of carbonyl (C=O) groups is 1. The van der Waals surface area contributed by atoms with E-state index in [4.69, 9.17) is 4.74 Å². The Morgan fingerprint density at radius 3 is 2.23 bits per heavy atom. The maximum absolute atomic E-state index is 14.0. The summed E-state index contributed by atoms with van der Waals surface area (Å²) in [6, 6.07) is 4.53. The van der Waals surface area contributed by atoms with Crippen LogP contribution in [0.3, 0.4) is 0 Å². The molecule has 2 fully saturated rings. The van der Waals surface area contributed by atoms with Gasteiger partial charge >= 0.3 is 0 Å². The molecular formula is C22H26F2N8O3. The Morgan fingerprint density at radius 1 is 0.971 bits per heavy atom. The van der Waals surface area contributed by atoms with Crippen molar-refractivity contribution >= 4 is 28.8 Å². The number of phenols is 1. The summed E-state index contributed by atoms with van der Waals surface area (Å²) in [7, 11) is 0. The number of hydrogen-bond acceptors (Lipinski definition) is 9. The Balaban J connectivity index is 1.60. The molecule has 186 valence electrons. The topological polar surface area (TPSA) is 113 Å². The molecule has 11 nitrogen and oxygen atoms in total. The number of amides is 1. The van der Waals surface area contributed by atoms with Crippen LogP contribution in [0.25, 0.3) is 17.0 Å². The summed E-state index contributed by atoms with van der Waals surface area (Å²) in [6.45, 7) is 5.97. The fourth-order valence-electron chi connectivity index (χ4n) is 4.33. The molecule has 1 aromatic carbocycles. The first kappa shape index (κ1) is 23.1. The lowest BCUT2D eigenvalue weighted by atomic mass is 10.3. The van der Waals surface area contributed by atoms with Gasteiger partial charge < -0.3 is 24.5 Å². The zero-order valence-electron chi connectivity index (χ0n) is 19.3. The van der Waals surface area contributed by atoms with Gasteiger partial charge in [-0.2, -0.15) is 15.0 Å². The average molecular weight is 488 g/mol. The van der Waals surface area contributed by atoms with Crippen molar-refractivity contribution in [2.75, 3.05) is 62.3 Å². The number of nitrogens with zero attached hydrogens (tertiary/aromatic N) is 8. The van der Waals surface area contributed by atoms with Gasteiger partial charge in [0, 0.05) is 45.7 Å². The van der Waals surface area contributed by atoms with Crippen LogP contribution in [0.15, 0.2) is 18.2 Å². The number of morpholine rings is 1. The van der Waals surface area contributed by atoms with Gasteiger partial charge in [0.15, 0.2) is 5.82 Å². The summed E-state index contributed by atoms with van der Waals surface area (Å²) in [5.74, 6) is -0.00871. The van der Waals surface area contributed by atoms with E-state index >= 15 is 0 Å². The normalized spacial score (nSPS) is 17.0. The molecule has 1 amide bonds. The molecule has 5 rings (SSSR count). The van der Waals surface area contributed by atoms with Crippen molar-refractivity contribution in [3.63, 3.8) is 0 Å². The van der Waals surface area contributed by atoms with E-state index in [9.17, 15) is 18.7 Å². The van der Waals surface area contributed by atoms with Crippen LogP contribution in [0, 0.1) is 0 Å². The van der Waals surface area contributed by atoms with Gasteiger partial charge in [-0.05, 0) is 12.1 Å². The number of anilines is 2. The summed E-state index contributed by atoms with van der Waals surface area (Å²) in [5.41, 5.74) is 0.313. The number of fused-ring (bicyclic) bond motifs is 1. The minimum Gasteiger partial charge on any atom is -0.506 e. The molecule has 2 aliphatic rings. The number of phenolic OH excluding ortho intramolecular Hbond substituents is 1. The number of alkyl halides is 2. The van der Waals surface area contributed by atoms with Crippen molar-refractivity contribution in [2.24, 2.45) is 0 Å². The molecule has 0 unspecified atom stereocenters. The van der Waals surface area contributed by atoms with Crippen molar-refractivity contribution in [3.8, 4) is 11.7 Å². The van der Waals surface area contributed by atoms with Crippen molar-refractivity contribution in [1.82, 2.24) is 29.4 Å². The van der Waals surface area contributed by atoms with Gasteiger partial charge in [0.1, 0.15) is 11.3 Å². The van der Waals surface area contributed by atoms with E-state index in [1.54, 1.807) is 17.0 Å². The van der Waals surface area contributed by atoms with Gasteiger partial charge in [0.2, 0.25) is 23.8 Å². The van der Waals surface area contributed by atoms with E-state index in [0.717, 1.165) is 0 Å². The molecule has 2 saturated heterocycles. The SMILES string of the molecule is CCC(=O)N1CCN(c2nc(N3CCOCC3)nc(-n3c(C(F)F)nc4c(O)cccc43)n2)CC1. The van der Waals surface area contributed by atoms with Crippen LogP contribution < -0.4 is 9.80 Å². The Morgan fingerprint density at radius 2 is 1.60 bits per heavy atom. The second kappa shape index (κ2) is 9.56. The van der Waals surface area contributed by atoms with Crippen molar-refractivity contribution in [3.05, 3.63) is 24.0 Å². The van der Waals surface area contributed by atoms with E-state index in [-0.39, 0.29) is 28.6 Å². The molecule has 0 bridgehead atoms. The van der Waals surface area contributed by atoms with Gasteiger partial charge in [-0.1, -0.05) is 13.0 Å². The van der Waals surface area contributed by atoms with Crippen molar-refractivity contribution in [1.29, 1.82) is 0 Å². The van der Waals surface area contributed by atoms with Gasteiger partial charge in [0.05, 0.1) is 18.7 Å². The first-order valence-electron chi connectivity index (χ1n) is 11.6. The number of hydrogen-bond donors (Lipinski definition) is 1. The van der Waals surface area contributed by atoms with Gasteiger partial charge in [-0.15, -0.1) is 0 Å². The van der Waals surface area contributed by atoms with E-state index in [1.165, 1.54) is 10.6 Å². The van der Waals surface area contributed by atoms with Crippen LogP contribution in [-0.4, -0.2) is 92.9 Å². The predicted octanol–water partition coefficient (Wildman–Crippen LogP) is 1.75. The fraction of sp³-hybridized carbons (Fsp3) is 0.500. The van der Waals surface area contributed by atoms with E-state index < -0.39 is 12.2 Å². The fourth-order valence-corrected chi connectivity index (χ4v) is 4.33. The standard InChI is InChI=1S/C22H26F2N8O3/c1-2-16(34)29-6-8-30(9-7-29)20-26-21(31-10-12-35-13-11-31)28-22(27-20)32-14-4-3-5-15(33)17(14)25-19(32)18(23)24/h3-5,18,33H,2,6-13H2,1H3. The number of aromatic nitrogens is 5. The second-order valence-electron chi connectivity index (χ2n) is 8.31. The highest BCUT2D eigenvalue weighted by Crippen LogP contribution is 2.32. The highest BCUT2D eigenvalue weighted by atomic mass is 19.3. The predicted molar refractivity (Wildman–Crippen MR) is 123 cm³/mol. The first-order chi connectivity index (χ1) is 17.0. The van der Waals surface area contributed by atoms with E-state index in [2.05, 4.69) is 19.9 Å². The summed E-state index contributed by atoms with van der Waals surface area (Å²) in [6.07, 6.45) is -2.48. The molecule has 4 heterocycles. The van der Waals surface area contributed by atoms with Crippen LogP contribution in [0.2, 0.25) is 0 Å². The maximum atomic E-state index is 14.0. The third-order valence-electron chi connectivity index (χ3n) is 6.20. The summed E-state index contributed by atoms with van der Waals surface area (Å²) in [4.78, 5) is 35.5. The van der Waals surface area contributed by atoms with Gasteiger partial charge in [0.25, 0.3) is 6.43 Å². The molecule has 0 saturated carbocycles. The average Bonchev–Trinajstić information content (AvgIpc) is 3.30. The van der Waals surface area contributed by atoms with Crippen LogP contribution in [0.4, 0.5) is 20.7 Å². The summed E-state index contributed by atoms with van der Waals surface area (Å²) < 4.78 is 34.7. The Labute approximate surface area is 200 Å². The number of rotatable bonds is 5. The Bertz CT molecular complexity index is 1220. The molecule has 35 heavy (non-hydrogen) atoms. The lowest BCUT2D eigenvalue weighted by molar-refractivity contribution is -0.131. The summed E-state index contributed by atoms with van der Waals surface area (Å²) >= 11 is 0. The number of imidazole rings is 1. The molecule has 2 aliphatic heterocycles. The first-order valence-corrected chi connectivity index (χ1v) is 11.6. The van der Waals surface area contributed by atoms with Crippen LogP contribution in [0.1, 0.15) is 25.6 Å². The highest BCUT2D eigenvalue weighted by Gasteiger charge is 2.28. The molecule has 2 aromatic heterocycles. The highest BCUT2D eigenvalue weighted by molar-refractivity contribution is 5.83. The molecule has 3 aromatic rings. The lowest BCUT2D eigenvalue weighted by Gasteiger charge is -2.35. The van der Waals surface area contributed by atoms with E-state index in [1.807, 2.05) is 16.7 Å². The third kappa shape index (κ3) is 4.43. The molecule has 1 N–H and O–H groups in total. The number of benzene rings is 1. The number of aromatic hydroxyl groups is 1. The Hall–Kier alpha value is -3.61. The molecule has 0 spiro atoms. The van der Waals surface area contributed by atoms with Crippen molar-refractivity contribution < 1.29 is 23.4 Å². The molecule has 13 heteroatoms. The van der Waals surface area contributed by atoms with Gasteiger partial charge in [-0.25, -0.2) is 13.8 Å². The van der Waals surface area contributed by atoms with Crippen molar-refractivity contribution in [2.45, 2.75) is 19.8 Å². The number of para-hydroxylation sites is 1. The molecule has 0 aliphatic carbocycles. The largest absolute Gasteiger partial charge is 0.506 e. The van der Waals surface area contributed by atoms with Crippen LogP contribution in [0.5, 0.6) is 5.75 Å². The second-order valence-corrected chi connectivity index (χ2v) is 8.31. The monoisotopic (exact) mass is 488 g/mol. The third-order valence-corrected chi connectivity index (χ3v) is 6.20. The quantitative estimate of drug-likeness (QED) is 0.574. The Kier molecular flexibility index (Phi) is 6.32. The zero-order valence-corrected chi connectivity index (χ0v) is 19.3. The summed E-state index contributed by atoms with van der Waals surface area (Å²) in [5, 5.41) is 10.2. The van der Waals surface area contributed by atoms with Crippen LogP contribution >= 0.6 is 0 Å². The lowest BCUT2D eigenvalue weighted by Crippen LogP contribution is -2.49. The zero-order chi connectivity index (χ0) is 24.5. The molecular weight excluding hydrogens is 462 g/mol. The minimum atomic E-state index is -2.92. The number of carbonyl (C=O) groups excluding carboxylic acids is 1. The minimum absolute atomic E-state index is 0.00745. The maximum Gasteiger partial charge on any atom is 0.296 e. The smallest absolute Gasteiger partial charge is 0.296 e. The van der Waals surface area contributed by atoms with Crippen LogP contribution in [-0.2, 0) is 9.53 Å².